The summed E-state index contributed by atoms with van der Waals surface area (Å²) in [5.74, 6) is 0.355. The van der Waals surface area contributed by atoms with Gasteiger partial charge in [-0.05, 0) is 28.4 Å². The maximum atomic E-state index is 9.98. The highest BCUT2D eigenvalue weighted by atomic mass is 79.9. The maximum Gasteiger partial charge on any atom is 0.134 e. The number of benzene rings is 1. The standard InChI is InChI=1S/C13H18BrNO2/c1-2-11-9-17-7-6-15(11)8-10-4-3-5-12(14)13(10)16/h3-5,11,16H,2,6-9H2,1H3. The van der Waals surface area contributed by atoms with Gasteiger partial charge in [-0.25, -0.2) is 0 Å². The molecule has 0 saturated carbocycles. The van der Waals surface area contributed by atoms with E-state index in [9.17, 15) is 5.11 Å². The summed E-state index contributed by atoms with van der Waals surface area (Å²) in [5, 5.41) is 9.98. The third-order valence-electron chi connectivity index (χ3n) is 3.26. The molecule has 0 bridgehead atoms. The predicted molar refractivity (Wildman–Crippen MR) is 71.1 cm³/mol. The highest BCUT2D eigenvalue weighted by Crippen LogP contribution is 2.29. The largest absolute Gasteiger partial charge is 0.506 e. The molecule has 1 fully saturated rings. The molecule has 94 valence electrons. The Balaban J connectivity index is 2.11. The molecule has 1 aliphatic heterocycles. The molecule has 1 heterocycles. The molecule has 1 unspecified atom stereocenters. The number of halogens is 1. The summed E-state index contributed by atoms with van der Waals surface area (Å²) in [6.45, 7) is 5.47. The normalized spacial score (nSPS) is 21.6. The molecular weight excluding hydrogens is 282 g/mol. The van der Waals surface area contributed by atoms with Gasteiger partial charge >= 0.3 is 0 Å². The first-order valence-corrected chi connectivity index (χ1v) is 6.79. The van der Waals surface area contributed by atoms with Crippen LogP contribution in [0, 0.1) is 0 Å². The van der Waals surface area contributed by atoms with Crippen molar-refractivity contribution in [3.63, 3.8) is 0 Å². The Morgan fingerprint density at radius 2 is 2.35 bits per heavy atom. The van der Waals surface area contributed by atoms with Gasteiger partial charge in [-0.3, -0.25) is 4.90 Å². The molecule has 1 saturated heterocycles. The highest BCUT2D eigenvalue weighted by molar-refractivity contribution is 9.10. The molecule has 1 aromatic rings. The van der Waals surface area contributed by atoms with E-state index >= 15 is 0 Å². The lowest BCUT2D eigenvalue weighted by atomic mass is 10.1. The average molecular weight is 300 g/mol. The Morgan fingerprint density at radius 1 is 1.53 bits per heavy atom. The molecule has 4 heteroatoms. The Labute approximate surface area is 111 Å². The maximum absolute atomic E-state index is 9.98. The highest BCUT2D eigenvalue weighted by Gasteiger charge is 2.22. The van der Waals surface area contributed by atoms with Gasteiger partial charge in [0.2, 0.25) is 0 Å². The van der Waals surface area contributed by atoms with Crippen LogP contribution in [0.2, 0.25) is 0 Å². The molecule has 1 N–H and O–H groups in total. The fourth-order valence-corrected chi connectivity index (χ4v) is 2.59. The van der Waals surface area contributed by atoms with Crippen molar-refractivity contribution in [2.75, 3.05) is 19.8 Å². The average Bonchev–Trinajstić information content (AvgIpc) is 2.35. The first-order valence-electron chi connectivity index (χ1n) is 6.00. The van der Waals surface area contributed by atoms with E-state index in [1.807, 2.05) is 18.2 Å². The van der Waals surface area contributed by atoms with Gasteiger partial charge in [0.25, 0.3) is 0 Å². The smallest absolute Gasteiger partial charge is 0.134 e. The van der Waals surface area contributed by atoms with Crippen molar-refractivity contribution < 1.29 is 9.84 Å². The molecule has 0 aliphatic carbocycles. The second-order valence-electron chi connectivity index (χ2n) is 4.36. The number of hydrogen-bond donors (Lipinski definition) is 1. The quantitative estimate of drug-likeness (QED) is 0.931. The molecule has 2 rings (SSSR count). The SMILES string of the molecule is CCC1COCCN1Cc1cccc(Br)c1O. The van der Waals surface area contributed by atoms with Gasteiger partial charge in [0, 0.05) is 24.7 Å². The van der Waals surface area contributed by atoms with Crippen LogP contribution in [-0.4, -0.2) is 35.8 Å². The molecular formula is C13H18BrNO2. The Kier molecular flexibility index (Phi) is 4.42. The first kappa shape index (κ1) is 12.9. The number of nitrogens with zero attached hydrogens (tertiary/aromatic N) is 1. The zero-order valence-corrected chi connectivity index (χ0v) is 11.6. The summed E-state index contributed by atoms with van der Waals surface area (Å²) in [7, 11) is 0. The minimum Gasteiger partial charge on any atom is -0.506 e. The Hall–Kier alpha value is -0.580. The Bertz CT molecular complexity index is 384. The van der Waals surface area contributed by atoms with Gasteiger partial charge in [-0.1, -0.05) is 19.1 Å². The lowest BCUT2D eigenvalue weighted by molar-refractivity contribution is -0.0130. The van der Waals surface area contributed by atoms with E-state index in [0.717, 1.165) is 42.8 Å². The van der Waals surface area contributed by atoms with Crippen LogP contribution in [0.15, 0.2) is 22.7 Å². The molecule has 0 amide bonds. The molecule has 3 nitrogen and oxygen atoms in total. The van der Waals surface area contributed by atoms with Crippen molar-refractivity contribution in [1.29, 1.82) is 0 Å². The van der Waals surface area contributed by atoms with Crippen molar-refractivity contribution in [1.82, 2.24) is 4.90 Å². The minimum absolute atomic E-state index is 0.355. The van der Waals surface area contributed by atoms with E-state index in [1.54, 1.807) is 0 Å². The number of hydrogen-bond acceptors (Lipinski definition) is 3. The summed E-state index contributed by atoms with van der Waals surface area (Å²) < 4.78 is 6.24. The van der Waals surface area contributed by atoms with Crippen LogP contribution >= 0.6 is 15.9 Å². The monoisotopic (exact) mass is 299 g/mol. The molecule has 0 aromatic heterocycles. The van der Waals surface area contributed by atoms with E-state index in [0.29, 0.717) is 11.8 Å². The molecule has 1 atom stereocenters. The van der Waals surface area contributed by atoms with Gasteiger partial charge in [-0.2, -0.15) is 0 Å². The number of phenolic OH excluding ortho intramolecular Hbond substituents is 1. The second kappa shape index (κ2) is 5.85. The van der Waals surface area contributed by atoms with E-state index in [1.165, 1.54) is 0 Å². The second-order valence-corrected chi connectivity index (χ2v) is 5.21. The number of para-hydroxylation sites is 1. The van der Waals surface area contributed by atoms with Crippen LogP contribution in [-0.2, 0) is 11.3 Å². The third kappa shape index (κ3) is 3.00. The van der Waals surface area contributed by atoms with E-state index in [2.05, 4.69) is 27.8 Å². The van der Waals surface area contributed by atoms with Crippen LogP contribution < -0.4 is 0 Å². The van der Waals surface area contributed by atoms with Crippen LogP contribution in [0.1, 0.15) is 18.9 Å². The van der Waals surface area contributed by atoms with E-state index < -0.39 is 0 Å². The van der Waals surface area contributed by atoms with E-state index in [-0.39, 0.29) is 0 Å². The molecule has 17 heavy (non-hydrogen) atoms. The van der Waals surface area contributed by atoms with Gasteiger partial charge < -0.3 is 9.84 Å². The van der Waals surface area contributed by atoms with Crippen LogP contribution in [0.3, 0.4) is 0 Å². The van der Waals surface area contributed by atoms with E-state index in [4.69, 9.17) is 4.74 Å². The third-order valence-corrected chi connectivity index (χ3v) is 3.90. The van der Waals surface area contributed by atoms with Crippen molar-refractivity contribution in [2.45, 2.75) is 25.9 Å². The van der Waals surface area contributed by atoms with Crippen molar-refractivity contribution >= 4 is 15.9 Å². The zero-order valence-electron chi connectivity index (χ0n) is 10.0. The number of phenols is 1. The van der Waals surface area contributed by atoms with Gasteiger partial charge in [0.15, 0.2) is 0 Å². The summed E-state index contributed by atoms with van der Waals surface area (Å²) >= 11 is 3.35. The van der Waals surface area contributed by atoms with Gasteiger partial charge in [-0.15, -0.1) is 0 Å². The zero-order chi connectivity index (χ0) is 12.3. The first-order chi connectivity index (χ1) is 8.22. The molecule has 1 aliphatic rings. The molecule has 0 spiro atoms. The minimum atomic E-state index is 0.355. The summed E-state index contributed by atoms with van der Waals surface area (Å²) in [5.41, 5.74) is 0.972. The number of rotatable bonds is 3. The van der Waals surface area contributed by atoms with Gasteiger partial charge in [0.1, 0.15) is 5.75 Å². The van der Waals surface area contributed by atoms with Crippen LogP contribution in [0.4, 0.5) is 0 Å². The number of ether oxygens (including phenoxy) is 1. The molecule has 1 aromatic carbocycles. The summed E-state index contributed by atoms with van der Waals surface area (Å²) in [6, 6.07) is 6.25. The number of aromatic hydroxyl groups is 1. The summed E-state index contributed by atoms with van der Waals surface area (Å²) in [4.78, 5) is 2.38. The lowest BCUT2D eigenvalue weighted by Crippen LogP contribution is -2.44. The topological polar surface area (TPSA) is 32.7 Å². The van der Waals surface area contributed by atoms with Crippen molar-refractivity contribution in [2.24, 2.45) is 0 Å². The lowest BCUT2D eigenvalue weighted by Gasteiger charge is -2.35. The Morgan fingerprint density at radius 3 is 3.12 bits per heavy atom. The van der Waals surface area contributed by atoms with Crippen LogP contribution in [0.25, 0.3) is 0 Å². The fraction of sp³-hybridized carbons (Fsp3) is 0.538. The number of morpholine rings is 1. The van der Waals surface area contributed by atoms with Crippen LogP contribution in [0.5, 0.6) is 5.75 Å². The molecule has 0 radical (unpaired) electrons. The summed E-state index contributed by atoms with van der Waals surface area (Å²) in [6.07, 6.45) is 1.08. The van der Waals surface area contributed by atoms with Crippen molar-refractivity contribution in [3.8, 4) is 5.75 Å². The fourth-order valence-electron chi connectivity index (χ4n) is 2.18. The van der Waals surface area contributed by atoms with Crippen molar-refractivity contribution in [3.05, 3.63) is 28.2 Å². The predicted octanol–water partition coefficient (Wildman–Crippen LogP) is 2.77. The van der Waals surface area contributed by atoms with Gasteiger partial charge in [0.05, 0.1) is 17.7 Å².